The molecule has 3 unspecified atom stereocenters. The van der Waals surface area contributed by atoms with Gasteiger partial charge in [0.15, 0.2) is 0 Å². The molecule has 10 nitrogen and oxygen atoms in total. The Morgan fingerprint density at radius 2 is 1.88 bits per heavy atom. The molecule has 4 amide bonds. The van der Waals surface area contributed by atoms with Gasteiger partial charge in [-0.15, -0.1) is 0 Å². The van der Waals surface area contributed by atoms with Gasteiger partial charge in [-0.3, -0.25) is 19.7 Å². The fourth-order valence-electron chi connectivity index (χ4n) is 3.69. The van der Waals surface area contributed by atoms with E-state index in [1.807, 2.05) is 34.6 Å². The number of hydrogen-bond donors (Lipinski definition) is 2. The average molecular weight is 482 g/mol. The van der Waals surface area contributed by atoms with Gasteiger partial charge in [0.1, 0.15) is 11.1 Å². The average Bonchev–Trinajstić information content (AvgIpc) is 2.75. The fourth-order valence-corrected chi connectivity index (χ4v) is 3.87. The Labute approximate surface area is 198 Å². The molecule has 0 aliphatic carbocycles. The molecule has 0 spiro atoms. The lowest BCUT2D eigenvalue weighted by Gasteiger charge is -2.41. The molecule has 0 bridgehead atoms. The summed E-state index contributed by atoms with van der Waals surface area (Å²) in [7, 11) is 0. The van der Waals surface area contributed by atoms with Crippen LogP contribution in [0.2, 0.25) is 5.02 Å². The lowest BCUT2D eigenvalue weighted by atomic mass is 9.96. The van der Waals surface area contributed by atoms with Gasteiger partial charge in [0.2, 0.25) is 5.91 Å². The molecule has 1 fully saturated rings. The van der Waals surface area contributed by atoms with Crippen molar-refractivity contribution in [2.45, 2.75) is 59.2 Å². The number of urea groups is 1. The third kappa shape index (κ3) is 6.56. The van der Waals surface area contributed by atoms with Crippen LogP contribution in [0.25, 0.3) is 0 Å². The quantitative estimate of drug-likeness (QED) is 0.457. The lowest BCUT2D eigenvalue weighted by Crippen LogP contribution is -2.61. The second-order valence-electron chi connectivity index (χ2n) is 8.69. The summed E-state index contributed by atoms with van der Waals surface area (Å²) in [6.07, 6.45) is 0.643. The number of benzene rings is 1. The molecule has 1 aromatic rings. The van der Waals surface area contributed by atoms with Crippen LogP contribution in [-0.2, 0) is 4.79 Å². The highest BCUT2D eigenvalue weighted by molar-refractivity contribution is 6.32. The first-order valence-electron chi connectivity index (χ1n) is 11.1. The van der Waals surface area contributed by atoms with Gasteiger partial charge in [0, 0.05) is 43.3 Å². The zero-order chi connectivity index (χ0) is 24.9. The maximum Gasteiger partial charge on any atom is 0.317 e. The number of amides is 4. The van der Waals surface area contributed by atoms with E-state index in [0.717, 1.165) is 6.07 Å². The van der Waals surface area contributed by atoms with Crippen LogP contribution in [0.4, 0.5) is 10.5 Å². The maximum atomic E-state index is 13.4. The van der Waals surface area contributed by atoms with Gasteiger partial charge in [0.05, 0.1) is 4.92 Å². The third-order valence-electron chi connectivity index (χ3n) is 5.78. The smallest absolute Gasteiger partial charge is 0.317 e. The van der Waals surface area contributed by atoms with E-state index in [0.29, 0.717) is 26.1 Å². The first kappa shape index (κ1) is 26.4. The molecule has 1 aliphatic heterocycles. The maximum absolute atomic E-state index is 13.4. The van der Waals surface area contributed by atoms with Crippen molar-refractivity contribution in [3.05, 3.63) is 38.9 Å². The zero-order valence-corrected chi connectivity index (χ0v) is 20.4. The van der Waals surface area contributed by atoms with Crippen molar-refractivity contribution >= 4 is 35.1 Å². The van der Waals surface area contributed by atoms with E-state index in [2.05, 4.69) is 10.6 Å². The number of nitrogens with one attached hydrogen (secondary N) is 2. The second-order valence-corrected chi connectivity index (χ2v) is 9.10. The highest BCUT2D eigenvalue weighted by Gasteiger charge is 2.35. The van der Waals surface area contributed by atoms with Crippen LogP contribution in [0.15, 0.2) is 18.2 Å². The highest BCUT2D eigenvalue weighted by atomic mass is 35.5. The molecule has 2 N–H and O–H groups in total. The number of carbonyl (C=O) groups excluding carboxylic acids is 3. The molecule has 182 valence electrons. The van der Waals surface area contributed by atoms with Crippen molar-refractivity contribution in [2.75, 3.05) is 19.6 Å². The van der Waals surface area contributed by atoms with Crippen LogP contribution in [0.5, 0.6) is 0 Å². The Hall–Kier alpha value is -2.88. The summed E-state index contributed by atoms with van der Waals surface area (Å²) in [4.78, 5) is 52.4. The number of carbonyl (C=O) groups is 3. The number of nitro groups is 1. The second kappa shape index (κ2) is 11.3. The molecule has 33 heavy (non-hydrogen) atoms. The standard InChI is InChI=1S/C22H32ClN5O5/c1-6-14(4)19(25-20(29)16-7-8-17(23)18(11-16)28(32)33)21(30)26-9-10-27(15(5)12-26)22(31)24-13(2)3/h7-8,11,13-15,19H,6,9-10,12H2,1-5H3,(H,24,31)(H,25,29). The lowest BCUT2D eigenvalue weighted by molar-refractivity contribution is -0.384. The van der Waals surface area contributed by atoms with Gasteiger partial charge in [-0.05, 0) is 38.8 Å². The van der Waals surface area contributed by atoms with Crippen molar-refractivity contribution in [1.82, 2.24) is 20.4 Å². The van der Waals surface area contributed by atoms with Crippen LogP contribution < -0.4 is 10.6 Å². The molecular formula is C22H32ClN5O5. The zero-order valence-electron chi connectivity index (χ0n) is 19.6. The minimum Gasteiger partial charge on any atom is -0.340 e. The number of halogens is 1. The van der Waals surface area contributed by atoms with E-state index in [1.54, 1.807) is 9.80 Å². The van der Waals surface area contributed by atoms with E-state index in [1.165, 1.54) is 12.1 Å². The van der Waals surface area contributed by atoms with Gasteiger partial charge in [-0.25, -0.2) is 4.79 Å². The van der Waals surface area contributed by atoms with Crippen molar-refractivity contribution in [2.24, 2.45) is 5.92 Å². The predicted molar refractivity (Wildman–Crippen MR) is 125 cm³/mol. The summed E-state index contributed by atoms with van der Waals surface area (Å²) < 4.78 is 0. The number of hydrogen-bond acceptors (Lipinski definition) is 5. The van der Waals surface area contributed by atoms with Crippen molar-refractivity contribution in [3.8, 4) is 0 Å². The van der Waals surface area contributed by atoms with Crippen LogP contribution >= 0.6 is 11.6 Å². The number of rotatable bonds is 7. The Morgan fingerprint density at radius 1 is 1.21 bits per heavy atom. The van der Waals surface area contributed by atoms with Crippen LogP contribution in [0.1, 0.15) is 51.4 Å². The molecule has 11 heteroatoms. The number of nitrogens with zero attached hydrogens (tertiary/aromatic N) is 3. The number of piperazine rings is 1. The minimum atomic E-state index is -0.805. The molecule has 2 rings (SSSR count). The van der Waals surface area contributed by atoms with E-state index < -0.39 is 16.9 Å². The Bertz CT molecular complexity index is 909. The molecule has 1 aliphatic rings. The molecule has 3 atom stereocenters. The van der Waals surface area contributed by atoms with E-state index >= 15 is 0 Å². The van der Waals surface area contributed by atoms with Gasteiger partial charge >= 0.3 is 6.03 Å². The Morgan fingerprint density at radius 3 is 2.42 bits per heavy atom. The summed E-state index contributed by atoms with van der Waals surface area (Å²) in [6.45, 7) is 10.5. The monoisotopic (exact) mass is 481 g/mol. The highest BCUT2D eigenvalue weighted by Crippen LogP contribution is 2.25. The summed E-state index contributed by atoms with van der Waals surface area (Å²) in [5, 5.41) is 16.7. The SMILES string of the molecule is CCC(C)C(NC(=O)c1ccc(Cl)c([N+](=O)[O-])c1)C(=O)N1CCN(C(=O)NC(C)C)C(C)C1. The largest absolute Gasteiger partial charge is 0.340 e. The van der Waals surface area contributed by atoms with Crippen molar-refractivity contribution in [1.29, 1.82) is 0 Å². The fraction of sp³-hybridized carbons (Fsp3) is 0.591. The van der Waals surface area contributed by atoms with Crippen LogP contribution in [0.3, 0.4) is 0 Å². The predicted octanol–water partition coefficient (Wildman–Crippen LogP) is 3.04. The first-order chi connectivity index (χ1) is 15.5. The summed E-state index contributed by atoms with van der Waals surface area (Å²) in [5.74, 6) is -0.991. The Balaban J connectivity index is 2.15. The van der Waals surface area contributed by atoms with Gasteiger partial charge < -0.3 is 20.4 Å². The topological polar surface area (TPSA) is 125 Å². The van der Waals surface area contributed by atoms with Gasteiger partial charge in [-0.1, -0.05) is 31.9 Å². The first-order valence-corrected chi connectivity index (χ1v) is 11.4. The van der Waals surface area contributed by atoms with Gasteiger partial charge in [0.25, 0.3) is 11.6 Å². The normalized spacial score (nSPS) is 18.0. The van der Waals surface area contributed by atoms with Crippen LogP contribution in [0, 0.1) is 16.0 Å². The van der Waals surface area contributed by atoms with E-state index in [9.17, 15) is 24.5 Å². The Kier molecular flexibility index (Phi) is 9.04. The molecule has 1 aromatic carbocycles. The molecule has 0 aromatic heterocycles. The molecule has 1 heterocycles. The number of nitro benzene ring substituents is 1. The molecule has 1 saturated heterocycles. The molecule has 0 radical (unpaired) electrons. The van der Waals surface area contributed by atoms with Crippen LogP contribution in [-0.4, -0.2) is 70.3 Å². The molecular weight excluding hydrogens is 450 g/mol. The van der Waals surface area contributed by atoms with E-state index in [-0.39, 0.29) is 46.2 Å². The molecule has 0 saturated carbocycles. The summed E-state index contributed by atoms with van der Waals surface area (Å²) in [6, 6.07) is 2.63. The minimum absolute atomic E-state index is 0.0121. The summed E-state index contributed by atoms with van der Waals surface area (Å²) >= 11 is 5.84. The van der Waals surface area contributed by atoms with Crippen molar-refractivity contribution < 1.29 is 19.3 Å². The summed E-state index contributed by atoms with van der Waals surface area (Å²) in [5.41, 5.74) is -0.323. The third-order valence-corrected chi connectivity index (χ3v) is 6.10. The van der Waals surface area contributed by atoms with Crippen molar-refractivity contribution in [3.63, 3.8) is 0 Å². The van der Waals surface area contributed by atoms with Gasteiger partial charge in [-0.2, -0.15) is 0 Å². The van der Waals surface area contributed by atoms with E-state index in [4.69, 9.17) is 11.6 Å².